The van der Waals surface area contributed by atoms with Gasteiger partial charge in [-0.2, -0.15) is 4.31 Å². The molecule has 0 aromatic carbocycles. The van der Waals surface area contributed by atoms with Gasteiger partial charge < -0.3 is 4.98 Å². The molecule has 0 saturated carbocycles. The molecule has 2 aromatic heterocycles. The van der Waals surface area contributed by atoms with E-state index in [0.717, 1.165) is 12.4 Å². The van der Waals surface area contributed by atoms with Crippen LogP contribution in [0.15, 0.2) is 34.1 Å². The highest BCUT2D eigenvalue weighted by atomic mass is 32.2. The van der Waals surface area contributed by atoms with Crippen LogP contribution in [0.4, 0.5) is 0 Å². The lowest BCUT2D eigenvalue weighted by molar-refractivity contribution is 0.119. The van der Waals surface area contributed by atoms with Crippen molar-refractivity contribution in [2.75, 3.05) is 26.2 Å². The fourth-order valence-corrected chi connectivity index (χ4v) is 5.23. The van der Waals surface area contributed by atoms with Gasteiger partial charge in [0.1, 0.15) is 10.0 Å². The highest BCUT2D eigenvalue weighted by Crippen LogP contribution is 2.28. The molecule has 114 valence electrons. The maximum Gasteiger partial charge on any atom is 0.252 e. The van der Waals surface area contributed by atoms with Gasteiger partial charge in [-0.25, -0.2) is 13.4 Å². The Morgan fingerprint density at radius 2 is 2.33 bits per heavy atom. The van der Waals surface area contributed by atoms with Gasteiger partial charge in [0, 0.05) is 32.0 Å². The molecule has 1 atom stereocenters. The maximum absolute atomic E-state index is 12.6. The van der Waals surface area contributed by atoms with Crippen molar-refractivity contribution in [1.29, 1.82) is 0 Å². The molecule has 1 N–H and O–H groups in total. The first-order valence-corrected chi connectivity index (χ1v) is 9.22. The Hall–Kier alpha value is -1.22. The number of aromatic amines is 1. The molecule has 3 heterocycles. The Labute approximate surface area is 128 Å². The molecule has 0 radical (unpaired) electrons. The van der Waals surface area contributed by atoms with Crippen molar-refractivity contribution in [2.45, 2.75) is 17.2 Å². The Kier molecular flexibility index (Phi) is 4.12. The van der Waals surface area contributed by atoms with E-state index < -0.39 is 10.0 Å². The summed E-state index contributed by atoms with van der Waals surface area (Å²) in [4.78, 5) is 9.66. The first kappa shape index (κ1) is 14.7. The average Bonchev–Trinajstić information content (AvgIpc) is 3.19. The molecule has 0 spiro atoms. The number of nitrogens with one attached hydrogen (secondary N) is 1. The third-order valence-electron chi connectivity index (χ3n) is 3.78. The van der Waals surface area contributed by atoms with Crippen LogP contribution in [0.1, 0.15) is 18.8 Å². The summed E-state index contributed by atoms with van der Waals surface area (Å²) < 4.78 is 27.3. The van der Waals surface area contributed by atoms with Crippen LogP contribution in [0.3, 0.4) is 0 Å². The fraction of sp³-hybridized carbons (Fsp3) is 0.462. The van der Waals surface area contributed by atoms with Gasteiger partial charge in [0.25, 0.3) is 10.0 Å². The molecule has 0 aliphatic carbocycles. The molecule has 0 bridgehead atoms. The first-order valence-electron chi connectivity index (χ1n) is 6.90. The van der Waals surface area contributed by atoms with Gasteiger partial charge >= 0.3 is 0 Å². The van der Waals surface area contributed by atoms with Gasteiger partial charge in [0.2, 0.25) is 0 Å². The second kappa shape index (κ2) is 5.88. The molecule has 1 aliphatic heterocycles. The number of aromatic nitrogens is 2. The number of likely N-dealkylation sites (N-methyl/N-ethyl adjacent to an activating group) is 1. The quantitative estimate of drug-likeness (QED) is 0.925. The number of piperazine rings is 1. The van der Waals surface area contributed by atoms with Crippen molar-refractivity contribution in [3.05, 3.63) is 35.7 Å². The van der Waals surface area contributed by atoms with E-state index in [2.05, 4.69) is 21.8 Å². The maximum atomic E-state index is 12.6. The third kappa shape index (κ3) is 2.76. The average molecular weight is 326 g/mol. The SMILES string of the molecule is CCN1CCN(S(=O)(=O)c2cccs2)CC1c1ncc[nH]1. The van der Waals surface area contributed by atoms with Crippen LogP contribution in [0, 0.1) is 0 Å². The van der Waals surface area contributed by atoms with Crippen molar-refractivity contribution in [3.8, 4) is 0 Å². The highest BCUT2D eigenvalue weighted by Gasteiger charge is 2.35. The topological polar surface area (TPSA) is 69.3 Å². The van der Waals surface area contributed by atoms with Crippen molar-refractivity contribution < 1.29 is 8.42 Å². The minimum absolute atomic E-state index is 0.0199. The standard InChI is InChI=1S/C13H18N4O2S2/c1-2-16-7-8-17(10-11(16)13-14-5-6-15-13)21(18,19)12-4-3-9-20-12/h3-6,9,11H,2,7-8,10H2,1H3,(H,14,15). The fourth-order valence-electron chi connectivity index (χ4n) is 2.65. The largest absolute Gasteiger partial charge is 0.347 e. The molecule has 1 saturated heterocycles. The van der Waals surface area contributed by atoms with Gasteiger partial charge in [-0.15, -0.1) is 11.3 Å². The highest BCUT2D eigenvalue weighted by molar-refractivity contribution is 7.91. The van der Waals surface area contributed by atoms with E-state index in [4.69, 9.17) is 0 Å². The molecule has 8 heteroatoms. The van der Waals surface area contributed by atoms with E-state index in [9.17, 15) is 8.42 Å². The molecule has 1 unspecified atom stereocenters. The zero-order valence-corrected chi connectivity index (χ0v) is 13.4. The summed E-state index contributed by atoms with van der Waals surface area (Å²) in [6, 6.07) is 3.41. The van der Waals surface area contributed by atoms with Crippen LogP contribution in [0.5, 0.6) is 0 Å². The van der Waals surface area contributed by atoms with Crippen LogP contribution in [0.25, 0.3) is 0 Å². The number of hydrogen-bond donors (Lipinski definition) is 1. The summed E-state index contributed by atoms with van der Waals surface area (Å²) in [7, 11) is -3.39. The number of imidazole rings is 1. The van der Waals surface area contributed by atoms with Crippen molar-refractivity contribution in [2.24, 2.45) is 0 Å². The number of H-pyrrole nitrogens is 1. The summed E-state index contributed by atoms with van der Waals surface area (Å²) in [5.41, 5.74) is 0. The summed E-state index contributed by atoms with van der Waals surface area (Å²) in [6.45, 7) is 4.62. The van der Waals surface area contributed by atoms with Crippen LogP contribution >= 0.6 is 11.3 Å². The van der Waals surface area contributed by atoms with Crippen LogP contribution in [-0.2, 0) is 10.0 Å². The van der Waals surface area contributed by atoms with Crippen molar-refractivity contribution >= 4 is 21.4 Å². The van der Waals surface area contributed by atoms with Crippen molar-refractivity contribution in [3.63, 3.8) is 0 Å². The Morgan fingerprint density at radius 1 is 1.48 bits per heavy atom. The minimum Gasteiger partial charge on any atom is -0.347 e. The molecule has 3 rings (SSSR count). The number of nitrogens with zero attached hydrogens (tertiary/aromatic N) is 3. The lowest BCUT2D eigenvalue weighted by atomic mass is 10.2. The monoisotopic (exact) mass is 326 g/mol. The molecular weight excluding hydrogens is 308 g/mol. The summed E-state index contributed by atoms with van der Waals surface area (Å²) in [6.07, 6.45) is 3.48. The zero-order valence-electron chi connectivity index (χ0n) is 11.8. The van der Waals surface area contributed by atoms with Crippen LogP contribution in [-0.4, -0.2) is 53.8 Å². The molecule has 0 amide bonds. The van der Waals surface area contributed by atoms with E-state index >= 15 is 0 Å². The zero-order chi connectivity index (χ0) is 14.9. The van der Waals surface area contributed by atoms with Crippen LogP contribution in [0.2, 0.25) is 0 Å². The van der Waals surface area contributed by atoms with E-state index in [1.54, 1.807) is 34.2 Å². The predicted molar refractivity (Wildman–Crippen MR) is 81.7 cm³/mol. The summed E-state index contributed by atoms with van der Waals surface area (Å²) in [5, 5.41) is 1.79. The summed E-state index contributed by atoms with van der Waals surface area (Å²) in [5.74, 6) is 0.822. The first-order chi connectivity index (χ1) is 10.1. The number of hydrogen-bond acceptors (Lipinski definition) is 5. The van der Waals surface area contributed by atoms with Crippen molar-refractivity contribution in [1.82, 2.24) is 19.2 Å². The van der Waals surface area contributed by atoms with Gasteiger partial charge in [-0.3, -0.25) is 4.90 Å². The van der Waals surface area contributed by atoms with Crippen LogP contribution < -0.4 is 0 Å². The molecule has 2 aromatic rings. The van der Waals surface area contributed by atoms with E-state index in [0.29, 0.717) is 23.8 Å². The van der Waals surface area contributed by atoms with E-state index in [1.165, 1.54) is 11.3 Å². The Balaban J connectivity index is 1.86. The van der Waals surface area contributed by atoms with Gasteiger partial charge in [-0.1, -0.05) is 13.0 Å². The Bertz CT molecular complexity index is 667. The second-order valence-electron chi connectivity index (χ2n) is 4.91. The second-order valence-corrected chi connectivity index (χ2v) is 8.03. The number of thiophene rings is 1. The Morgan fingerprint density at radius 3 is 2.95 bits per heavy atom. The summed E-state index contributed by atoms with van der Waals surface area (Å²) >= 11 is 1.26. The minimum atomic E-state index is -3.39. The number of sulfonamides is 1. The van der Waals surface area contributed by atoms with Gasteiger partial charge in [0.15, 0.2) is 0 Å². The van der Waals surface area contributed by atoms with Gasteiger partial charge in [0.05, 0.1) is 6.04 Å². The lowest BCUT2D eigenvalue weighted by Gasteiger charge is -2.39. The molecule has 1 aliphatic rings. The van der Waals surface area contributed by atoms with Gasteiger partial charge in [-0.05, 0) is 18.0 Å². The normalized spacial score (nSPS) is 21.7. The molecule has 21 heavy (non-hydrogen) atoms. The van der Waals surface area contributed by atoms with E-state index in [-0.39, 0.29) is 6.04 Å². The molecule has 1 fully saturated rings. The molecule has 6 nitrogen and oxygen atoms in total. The lowest BCUT2D eigenvalue weighted by Crippen LogP contribution is -2.50. The number of rotatable bonds is 4. The van der Waals surface area contributed by atoms with E-state index in [1.807, 2.05) is 0 Å². The smallest absolute Gasteiger partial charge is 0.252 e. The molecular formula is C13H18N4O2S2. The predicted octanol–water partition coefficient (Wildman–Crippen LogP) is 1.54. The third-order valence-corrected chi connectivity index (χ3v) is 7.02.